The second-order valence-electron chi connectivity index (χ2n) is 5.30. The SMILES string of the molecule is O=C(NC1C=CS(=O)(=O)C1)c1cn(C2CCNCC2)nn1. The van der Waals surface area contributed by atoms with Gasteiger partial charge in [-0.15, -0.1) is 5.10 Å². The summed E-state index contributed by atoms with van der Waals surface area (Å²) < 4.78 is 24.3. The molecular formula is C12H17N5O3S. The number of rotatable bonds is 3. The predicted octanol–water partition coefficient (Wildman–Crippen LogP) is -0.757. The molecule has 114 valence electrons. The summed E-state index contributed by atoms with van der Waals surface area (Å²) in [6.07, 6.45) is 5.00. The molecule has 0 saturated carbocycles. The second kappa shape index (κ2) is 5.57. The van der Waals surface area contributed by atoms with Crippen LogP contribution in [0.25, 0.3) is 0 Å². The molecule has 0 aliphatic carbocycles. The minimum Gasteiger partial charge on any atom is -0.343 e. The van der Waals surface area contributed by atoms with Crippen molar-refractivity contribution in [1.29, 1.82) is 0 Å². The number of aromatic nitrogens is 3. The van der Waals surface area contributed by atoms with Crippen LogP contribution < -0.4 is 10.6 Å². The molecule has 1 aromatic heterocycles. The van der Waals surface area contributed by atoms with Crippen LogP contribution in [-0.4, -0.2) is 54.2 Å². The van der Waals surface area contributed by atoms with E-state index in [1.165, 1.54) is 6.08 Å². The first-order valence-electron chi connectivity index (χ1n) is 6.88. The van der Waals surface area contributed by atoms with E-state index in [2.05, 4.69) is 20.9 Å². The number of nitrogens with one attached hydrogen (secondary N) is 2. The lowest BCUT2D eigenvalue weighted by Gasteiger charge is -2.22. The van der Waals surface area contributed by atoms with Gasteiger partial charge in [0.1, 0.15) is 0 Å². The van der Waals surface area contributed by atoms with Crippen molar-refractivity contribution >= 4 is 15.7 Å². The normalized spacial score (nSPS) is 25.0. The molecule has 1 saturated heterocycles. The van der Waals surface area contributed by atoms with Crippen molar-refractivity contribution in [3.8, 4) is 0 Å². The summed E-state index contributed by atoms with van der Waals surface area (Å²) in [6, 6.07) is -0.237. The minimum absolute atomic E-state index is 0.0961. The van der Waals surface area contributed by atoms with Crippen molar-refractivity contribution in [2.75, 3.05) is 18.8 Å². The largest absolute Gasteiger partial charge is 0.343 e. The van der Waals surface area contributed by atoms with Gasteiger partial charge in [-0.1, -0.05) is 5.21 Å². The van der Waals surface area contributed by atoms with Crippen molar-refractivity contribution in [3.05, 3.63) is 23.4 Å². The van der Waals surface area contributed by atoms with Crippen LogP contribution in [0.5, 0.6) is 0 Å². The van der Waals surface area contributed by atoms with Crippen LogP contribution in [-0.2, 0) is 9.84 Å². The van der Waals surface area contributed by atoms with Gasteiger partial charge in [0.25, 0.3) is 5.91 Å². The van der Waals surface area contributed by atoms with Gasteiger partial charge in [0.05, 0.1) is 24.0 Å². The molecule has 1 fully saturated rings. The number of carbonyl (C=O) groups is 1. The van der Waals surface area contributed by atoms with Gasteiger partial charge in [-0.25, -0.2) is 13.1 Å². The maximum absolute atomic E-state index is 12.0. The third kappa shape index (κ3) is 3.30. The Balaban J connectivity index is 1.63. The monoisotopic (exact) mass is 311 g/mol. The van der Waals surface area contributed by atoms with E-state index in [0.717, 1.165) is 31.3 Å². The zero-order valence-corrected chi connectivity index (χ0v) is 12.2. The smallest absolute Gasteiger partial charge is 0.273 e. The van der Waals surface area contributed by atoms with Crippen LogP contribution >= 0.6 is 0 Å². The molecule has 3 heterocycles. The van der Waals surface area contributed by atoms with E-state index in [9.17, 15) is 13.2 Å². The van der Waals surface area contributed by atoms with Crippen LogP contribution in [0.4, 0.5) is 0 Å². The molecule has 2 aliphatic heterocycles. The van der Waals surface area contributed by atoms with Crippen molar-refractivity contribution < 1.29 is 13.2 Å². The fraction of sp³-hybridized carbons (Fsp3) is 0.583. The van der Waals surface area contributed by atoms with E-state index in [0.29, 0.717) is 0 Å². The Morgan fingerprint density at radius 2 is 2.14 bits per heavy atom. The molecule has 2 N–H and O–H groups in total. The summed E-state index contributed by atoms with van der Waals surface area (Å²) in [5.74, 6) is -0.497. The number of hydrogen-bond acceptors (Lipinski definition) is 6. The molecule has 0 radical (unpaired) electrons. The van der Waals surface area contributed by atoms with E-state index in [1.54, 1.807) is 10.9 Å². The summed E-state index contributed by atoms with van der Waals surface area (Å²) in [7, 11) is -3.18. The van der Waals surface area contributed by atoms with E-state index in [1.807, 2.05) is 0 Å². The fourth-order valence-electron chi connectivity index (χ4n) is 2.54. The Kier molecular flexibility index (Phi) is 3.77. The number of carbonyl (C=O) groups excluding carboxylic acids is 1. The molecule has 0 aromatic carbocycles. The Morgan fingerprint density at radius 3 is 2.81 bits per heavy atom. The Bertz CT molecular complexity index is 660. The van der Waals surface area contributed by atoms with Crippen LogP contribution in [0, 0.1) is 0 Å². The molecule has 1 atom stereocenters. The van der Waals surface area contributed by atoms with Crippen LogP contribution in [0.15, 0.2) is 17.7 Å². The standard InChI is InChI=1S/C12H17N5O3S/c18-12(14-9-3-6-21(19,20)8-9)11-7-17(16-15-11)10-1-4-13-5-2-10/h3,6-7,9-10,13H,1-2,4-5,8H2,(H,14,18). The van der Waals surface area contributed by atoms with Gasteiger partial charge >= 0.3 is 0 Å². The number of nitrogens with zero attached hydrogens (tertiary/aromatic N) is 3. The van der Waals surface area contributed by atoms with Crippen LogP contribution in [0.2, 0.25) is 0 Å². The number of piperidine rings is 1. The molecule has 8 nitrogen and oxygen atoms in total. The molecule has 21 heavy (non-hydrogen) atoms. The van der Waals surface area contributed by atoms with E-state index < -0.39 is 21.8 Å². The number of sulfone groups is 1. The molecule has 2 aliphatic rings. The lowest BCUT2D eigenvalue weighted by Crippen LogP contribution is -2.35. The Morgan fingerprint density at radius 1 is 1.38 bits per heavy atom. The van der Waals surface area contributed by atoms with Gasteiger partial charge in [-0.05, 0) is 32.0 Å². The van der Waals surface area contributed by atoms with Crippen molar-refractivity contribution in [3.63, 3.8) is 0 Å². The van der Waals surface area contributed by atoms with Crippen molar-refractivity contribution in [2.45, 2.75) is 24.9 Å². The molecule has 3 rings (SSSR count). The molecule has 1 aromatic rings. The van der Waals surface area contributed by atoms with Crippen molar-refractivity contribution in [2.24, 2.45) is 0 Å². The highest BCUT2D eigenvalue weighted by Crippen LogP contribution is 2.17. The first-order chi connectivity index (χ1) is 10.0. The highest BCUT2D eigenvalue weighted by Gasteiger charge is 2.25. The lowest BCUT2D eigenvalue weighted by molar-refractivity contribution is 0.0942. The molecule has 9 heteroatoms. The van der Waals surface area contributed by atoms with Gasteiger partial charge in [0.2, 0.25) is 0 Å². The van der Waals surface area contributed by atoms with Gasteiger partial charge in [0, 0.05) is 5.41 Å². The number of amides is 1. The average molecular weight is 311 g/mol. The van der Waals surface area contributed by atoms with Gasteiger partial charge in [-0.2, -0.15) is 0 Å². The first kappa shape index (κ1) is 14.2. The molecular weight excluding hydrogens is 294 g/mol. The topological polar surface area (TPSA) is 106 Å². The summed E-state index contributed by atoms with van der Waals surface area (Å²) in [5, 5.41) is 14.9. The zero-order chi connectivity index (χ0) is 14.9. The summed E-state index contributed by atoms with van der Waals surface area (Å²) in [6.45, 7) is 1.85. The van der Waals surface area contributed by atoms with Crippen LogP contribution in [0.3, 0.4) is 0 Å². The number of hydrogen-bond donors (Lipinski definition) is 2. The fourth-order valence-corrected chi connectivity index (χ4v) is 3.77. The third-order valence-corrected chi connectivity index (χ3v) is 5.07. The summed E-state index contributed by atoms with van der Waals surface area (Å²) in [4.78, 5) is 12.0. The summed E-state index contributed by atoms with van der Waals surface area (Å²) >= 11 is 0. The first-order valence-corrected chi connectivity index (χ1v) is 8.59. The quantitative estimate of drug-likeness (QED) is 0.760. The van der Waals surface area contributed by atoms with E-state index in [4.69, 9.17) is 0 Å². The maximum Gasteiger partial charge on any atom is 0.273 e. The average Bonchev–Trinajstić information content (AvgIpc) is 3.07. The third-order valence-electron chi connectivity index (χ3n) is 3.67. The van der Waals surface area contributed by atoms with Gasteiger partial charge < -0.3 is 10.6 Å². The Labute approximate surface area is 122 Å². The molecule has 0 spiro atoms. The second-order valence-corrected chi connectivity index (χ2v) is 7.23. The lowest BCUT2D eigenvalue weighted by atomic mass is 10.1. The van der Waals surface area contributed by atoms with E-state index in [-0.39, 0.29) is 17.5 Å². The highest BCUT2D eigenvalue weighted by molar-refractivity contribution is 7.94. The van der Waals surface area contributed by atoms with Crippen molar-refractivity contribution in [1.82, 2.24) is 25.6 Å². The molecule has 1 amide bonds. The molecule has 0 bridgehead atoms. The zero-order valence-electron chi connectivity index (χ0n) is 11.4. The minimum atomic E-state index is -3.18. The highest BCUT2D eigenvalue weighted by atomic mass is 32.2. The predicted molar refractivity (Wildman–Crippen MR) is 75.3 cm³/mol. The van der Waals surface area contributed by atoms with Gasteiger partial charge in [0.15, 0.2) is 15.5 Å². The van der Waals surface area contributed by atoms with Crippen LogP contribution in [0.1, 0.15) is 29.4 Å². The summed E-state index contributed by atoms with van der Waals surface area (Å²) in [5.41, 5.74) is 0.214. The Hall–Kier alpha value is -1.74. The van der Waals surface area contributed by atoms with E-state index >= 15 is 0 Å². The molecule has 1 unspecified atom stereocenters. The van der Waals surface area contributed by atoms with Gasteiger partial charge in [-0.3, -0.25) is 4.79 Å². The maximum atomic E-state index is 12.0.